The molecule has 1 aromatic heterocycles. The van der Waals surface area contributed by atoms with Crippen LogP contribution in [0.15, 0.2) is 70.9 Å². The third-order valence-electron chi connectivity index (χ3n) is 5.13. The molecule has 7 heteroatoms. The van der Waals surface area contributed by atoms with Crippen LogP contribution < -0.4 is 10.0 Å². The lowest BCUT2D eigenvalue weighted by Crippen LogP contribution is -2.29. The number of amides is 1. The zero-order chi connectivity index (χ0) is 21.1. The van der Waals surface area contributed by atoms with E-state index < -0.39 is 10.0 Å². The zero-order valence-electron chi connectivity index (χ0n) is 16.7. The number of sulfonamides is 1. The van der Waals surface area contributed by atoms with E-state index in [1.165, 1.54) is 17.7 Å². The van der Waals surface area contributed by atoms with E-state index in [4.69, 9.17) is 0 Å². The Kier molecular flexibility index (Phi) is 6.04. The van der Waals surface area contributed by atoms with E-state index in [1.807, 2.05) is 29.6 Å². The largest absolute Gasteiger partial charge is 0.340 e. The minimum atomic E-state index is -3.61. The topological polar surface area (TPSA) is 75.3 Å². The van der Waals surface area contributed by atoms with E-state index in [0.29, 0.717) is 5.56 Å². The molecule has 1 fully saturated rings. The Bertz CT molecular complexity index is 1120. The number of hydrogen-bond acceptors (Lipinski definition) is 4. The minimum absolute atomic E-state index is 0.0155. The van der Waals surface area contributed by atoms with Gasteiger partial charge in [0.25, 0.3) is 5.91 Å². The SMILES string of the molecule is CCc1ccc(C(NC(=O)c2cccc(S(=O)(=O)NC3CC3)c2)c2cccs2)cc1. The monoisotopic (exact) mass is 440 g/mol. The lowest BCUT2D eigenvalue weighted by atomic mass is 10.0. The smallest absolute Gasteiger partial charge is 0.252 e. The normalized spacial score (nSPS) is 15.0. The maximum atomic E-state index is 13.0. The molecule has 1 aliphatic carbocycles. The minimum Gasteiger partial charge on any atom is -0.340 e. The Labute approximate surface area is 181 Å². The van der Waals surface area contributed by atoms with E-state index in [0.717, 1.165) is 29.7 Å². The summed E-state index contributed by atoms with van der Waals surface area (Å²) in [5.74, 6) is -0.309. The highest BCUT2D eigenvalue weighted by atomic mass is 32.2. The molecule has 0 saturated heterocycles. The number of aryl methyl sites for hydroxylation is 1. The summed E-state index contributed by atoms with van der Waals surface area (Å²) in [4.78, 5) is 14.2. The molecule has 5 nitrogen and oxygen atoms in total. The summed E-state index contributed by atoms with van der Waals surface area (Å²) >= 11 is 1.57. The van der Waals surface area contributed by atoms with Crippen LogP contribution in [0.4, 0.5) is 0 Å². The van der Waals surface area contributed by atoms with Gasteiger partial charge in [-0.2, -0.15) is 0 Å². The van der Waals surface area contributed by atoms with Gasteiger partial charge < -0.3 is 5.32 Å². The predicted molar refractivity (Wildman–Crippen MR) is 119 cm³/mol. The first kappa shape index (κ1) is 20.8. The van der Waals surface area contributed by atoms with E-state index in [1.54, 1.807) is 23.5 Å². The van der Waals surface area contributed by atoms with Crippen LogP contribution in [0.3, 0.4) is 0 Å². The second-order valence-corrected chi connectivity index (χ2v) is 10.1. The fourth-order valence-corrected chi connectivity index (χ4v) is 5.38. The highest BCUT2D eigenvalue weighted by Gasteiger charge is 2.28. The molecule has 1 amide bonds. The van der Waals surface area contributed by atoms with Gasteiger partial charge in [-0.25, -0.2) is 13.1 Å². The maximum Gasteiger partial charge on any atom is 0.252 e. The van der Waals surface area contributed by atoms with Crippen LogP contribution in [-0.2, 0) is 16.4 Å². The van der Waals surface area contributed by atoms with Crippen LogP contribution in [-0.4, -0.2) is 20.4 Å². The van der Waals surface area contributed by atoms with Crippen LogP contribution in [0.2, 0.25) is 0 Å². The van der Waals surface area contributed by atoms with Gasteiger partial charge in [-0.3, -0.25) is 4.79 Å². The molecular weight excluding hydrogens is 416 g/mol. The van der Waals surface area contributed by atoms with Gasteiger partial charge in [-0.05, 0) is 60.0 Å². The summed E-state index contributed by atoms with van der Waals surface area (Å²) < 4.78 is 27.7. The number of benzene rings is 2. The number of nitrogens with one attached hydrogen (secondary N) is 2. The second kappa shape index (κ2) is 8.71. The third kappa shape index (κ3) is 4.80. The molecule has 0 radical (unpaired) electrons. The van der Waals surface area contributed by atoms with Crippen LogP contribution in [0.1, 0.15) is 52.2 Å². The van der Waals surface area contributed by atoms with Crippen molar-refractivity contribution >= 4 is 27.3 Å². The fourth-order valence-electron chi connectivity index (χ4n) is 3.23. The molecule has 1 saturated carbocycles. The highest BCUT2D eigenvalue weighted by molar-refractivity contribution is 7.89. The van der Waals surface area contributed by atoms with E-state index in [9.17, 15) is 13.2 Å². The van der Waals surface area contributed by atoms with Crippen LogP contribution in [0.5, 0.6) is 0 Å². The van der Waals surface area contributed by atoms with Gasteiger partial charge >= 0.3 is 0 Å². The quantitative estimate of drug-likeness (QED) is 0.549. The molecular formula is C23H24N2O3S2. The van der Waals surface area contributed by atoms with Crippen molar-refractivity contribution in [2.24, 2.45) is 0 Å². The lowest BCUT2D eigenvalue weighted by molar-refractivity contribution is 0.0943. The summed E-state index contributed by atoms with van der Waals surface area (Å²) in [5.41, 5.74) is 2.54. The first-order valence-electron chi connectivity index (χ1n) is 10.0. The molecule has 0 bridgehead atoms. The summed E-state index contributed by atoms with van der Waals surface area (Å²) in [5, 5.41) is 5.06. The standard InChI is InChI=1S/C23H24N2O3S2/c1-2-16-8-10-17(11-9-16)22(21-7-4-14-29-21)24-23(26)18-5-3-6-20(15-18)30(27,28)25-19-12-13-19/h3-11,14-15,19,22,25H,2,12-13H2,1H3,(H,24,26). The Hall–Kier alpha value is -2.48. The molecule has 2 N–H and O–H groups in total. The molecule has 30 heavy (non-hydrogen) atoms. The van der Waals surface area contributed by atoms with Crippen molar-refractivity contribution in [3.63, 3.8) is 0 Å². The molecule has 4 rings (SSSR count). The number of rotatable bonds is 8. The van der Waals surface area contributed by atoms with Gasteiger partial charge in [0.2, 0.25) is 10.0 Å². The number of carbonyl (C=O) groups excluding carboxylic acids is 1. The van der Waals surface area contributed by atoms with Gasteiger partial charge in [-0.15, -0.1) is 11.3 Å². The third-order valence-corrected chi connectivity index (χ3v) is 7.59. The van der Waals surface area contributed by atoms with Gasteiger partial charge in [-0.1, -0.05) is 43.3 Å². The van der Waals surface area contributed by atoms with Gasteiger partial charge in [0.05, 0.1) is 10.9 Å². The molecule has 156 valence electrons. The van der Waals surface area contributed by atoms with Crippen LogP contribution >= 0.6 is 11.3 Å². The Morgan fingerprint density at radius 2 is 1.87 bits per heavy atom. The van der Waals surface area contributed by atoms with E-state index >= 15 is 0 Å². The first-order valence-corrected chi connectivity index (χ1v) is 12.4. The van der Waals surface area contributed by atoms with Crippen molar-refractivity contribution in [2.75, 3.05) is 0 Å². The molecule has 1 atom stereocenters. The number of hydrogen-bond donors (Lipinski definition) is 2. The Balaban J connectivity index is 1.59. The van der Waals surface area contributed by atoms with Gasteiger partial charge in [0, 0.05) is 16.5 Å². The molecule has 1 aliphatic rings. The van der Waals surface area contributed by atoms with Crippen LogP contribution in [0, 0.1) is 0 Å². The number of thiophene rings is 1. The average molecular weight is 441 g/mol. The van der Waals surface area contributed by atoms with Crippen molar-refractivity contribution in [2.45, 2.75) is 43.2 Å². The summed E-state index contributed by atoms with van der Waals surface area (Å²) in [7, 11) is -3.61. The molecule has 3 aromatic rings. The maximum absolute atomic E-state index is 13.0. The van der Waals surface area contributed by atoms with Gasteiger partial charge in [0.1, 0.15) is 0 Å². The summed E-state index contributed by atoms with van der Waals surface area (Å²) in [6, 6.07) is 18.1. The zero-order valence-corrected chi connectivity index (χ0v) is 18.3. The van der Waals surface area contributed by atoms with Crippen molar-refractivity contribution in [3.8, 4) is 0 Å². The molecule has 1 heterocycles. The average Bonchev–Trinajstić information content (AvgIpc) is 3.39. The Morgan fingerprint density at radius 3 is 2.50 bits per heavy atom. The van der Waals surface area contributed by atoms with E-state index in [-0.39, 0.29) is 22.9 Å². The molecule has 1 unspecified atom stereocenters. The van der Waals surface area contributed by atoms with Crippen molar-refractivity contribution in [3.05, 3.63) is 87.6 Å². The summed E-state index contributed by atoms with van der Waals surface area (Å²) in [6.07, 6.45) is 2.67. The predicted octanol–water partition coefficient (Wildman–Crippen LogP) is 4.27. The van der Waals surface area contributed by atoms with Gasteiger partial charge in [0.15, 0.2) is 0 Å². The van der Waals surface area contributed by atoms with Crippen LogP contribution in [0.25, 0.3) is 0 Å². The first-order chi connectivity index (χ1) is 14.5. The second-order valence-electron chi connectivity index (χ2n) is 7.44. The molecule has 0 spiro atoms. The van der Waals surface area contributed by atoms with Crippen molar-refractivity contribution in [1.82, 2.24) is 10.0 Å². The molecule has 0 aliphatic heterocycles. The molecule has 2 aromatic carbocycles. The lowest BCUT2D eigenvalue weighted by Gasteiger charge is -2.19. The fraction of sp³-hybridized carbons (Fsp3) is 0.261. The van der Waals surface area contributed by atoms with Crippen molar-refractivity contribution < 1.29 is 13.2 Å². The number of carbonyl (C=O) groups is 1. The summed E-state index contributed by atoms with van der Waals surface area (Å²) in [6.45, 7) is 2.10. The van der Waals surface area contributed by atoms with Crippen molar-refractivity contribution in [1.29, 1.82) is 0 Å². The van der Waals surface area contributed by atoms with E-state index in [2.05, 4.69) is 29.1 Å². The highest BCUT2D eigenvalue weighted by Crippen LogP contribution is 2.27. The Morgan fingerprint density at radius 1 is 1.10 bits per heavy atom.